The lowest BCUT2D eigenvalue weighted by atomic mass is 9.89. The summed E-state index contributed by atoms with van der Waals surface area (Å²) in [6.07, 6.45) is 3.15. The van der Waals surface area contributed by atoms with Crippen molar-refractivity contribution in [2.24, 2.45) is 0 Å². The molecule has 0 aliphatic rings. The molecule has 0 unspecified atom stereocenters. The van der Waals surface area contributed by atoms with Gasteiger partial charge in [0.1, 0.15) is 0 Å². The third-order valence-corrected chi connectivity index (χ3v) is 10.9. The maximum Gasteiger partial charge on any atom is 0.0420 e. The van der Waals surface area contributed by atoms with Crippen molar-refractivity contribution in [3.8, 4) is 22.3 Å². The second-order valence-electron chi connectivity index (χ2n) is 14.1. The molecule has 0 saturated carbocycles. The number of anilines is 1. The molecule has 0 heterocycles. The first-order chi connectivity index (χ1) is 26.8. The monoisotopic (exact) mass is 687 g/mol. The van der Waals surface area contributed by atoms with Gasteiger partial charge in [-0.25, -0.2) is 0 Å². The van der Waals surface area contributed by atoms with Gasteiger partial charge in [0.15, 0.2) is 0 Å². The minimum Gasteiger partial charge on any atom is -0.355 e. The smallest absolute Gasteiger partial charge is 0.0420 e. The Kier molecular flexibility index (Phi) is 7.96. The number of benzene rings is 10. The van der Waals surface area contributed by atoms with Gasteiger partial charge in [-0.15, -0.1) is 0 Å². The van der Waals surface area contributed by atoms with E-state index in [4.69, 9.17) is 0 Å². The summed E-state index contributed by atoms with van der Waals surface area (Å²) < 4.78 is 0. The van der Waals surface area contributed by atoms with Crippen LogP contribution in [0.15, 0.2) is 206 Å². The van der Waals surface area contributed by atoms with Crippen molar-refractivity contribution in [1.29, 1.82) is 0 Å². The molecule has 0 spiro atoms. The van der Waals surface area contributed by atoms with Crippen LogP contribution in [0.2, 0.25) is 0 Å². The Morgan fingerprint density at radius 1 is 0.389 bits per heavy atom. The van der Waals surface area contributed by atoms with E-state index in [-0.39, 0.29) is 0 Å². The zero-order valence-corrected chi connectivity index (χ0v) is 29.8. The third-order valence-electron chi connectivity index (χ3n) is 10.9. The minimum atomic E-state index is 0.808. The molecule has 10 rings (SSSR count). The van der Waals surface area contributed by atoms with Crippen molar-refractivity contribution in [2.75, 3.05) is 5.32 Å². The van der Waals surface area contributed by atoms with Gasteiger partial charge in [-0.3, -0.25) is 0 Å². The van der Waals surface area contributed by atoms with Gasteiger partial charge in [0.2, 0.25) is 0 Å². The summed E-state index contributed by atoms with van der Waals surface area (Å²) in [5.41, 5.74) is 9.54. The van der Waals surface area contributed by atoms with Crippen molar-refractivity contribution in [3.63, 3.8) is 0 Å². The summed E-state index contributed by atoms with van der Waals surface area (Å²) in [6, 6.07) is 72.7. The maximum absolute atomic E-state index is 3.74. The fraction of sp³-hybridized carbons (Fsp3) is 0.0189. The van der Waals surface area contributed by atoms with Gasteiger partial charge < -0.3 is 5.32 Å². The Balaban J connectivity index is 1.00. The second-order valence-corrected chi connectivity index (χ2v) is 14.1. The number of hydrogen-bond donors (Lipinski definition) is 1. The topological polar surface area (TPSA) is 12.0 Å². The van der Waals surface area contributed by atoms with Crippen molar-refractivity contribution < 1.29 is 0 Å². The normalized spacial score (nSPS) is 11.9. The van der Waals surface area contributed by atoms with Crippen molar-refractivity contribution >= 4 is 65.2 Å². The van der Waals surface area contributed by atoms with Crippen molar-refractivity contribution in [2.45, 2.75) is 6.42 Å². The Labute approximate surface area is 315 Å². The number of rotatable bonds is 7. The first-order valence-electron chi connectivity index (χ1n) is 18.7. The van der Waals surface area contributed by atoms with E-state index in [1.165, 1.54) is 81.7 Å². The van der Waals surface area contributed by atoms with Gasteiger partial charge in [0.25, 0.3) is 0 Å². The van der Waals surface area contributed by atoms with E-state index >= 15 is 0 Å². The Morgan fingerprint density at radius 3 is 1.74 bits per heavy atom. The summed E-state index contributed by atoms with van der Waals surface area (Å²) >= 11 is 0. The average Bonchev–Trinajstić information content (AvgIpc) is 3.24. The largest absolute Gasteiger partial charge is 0.355 e. The van der Waals surface area contributed by atoms with Crippen molar-refractivity contribution in [1.82, 2.24) is 0 Å². The Hall–Kier alpha value is -6.96. The Morgan fingerprint density at radius 2 is 0.963 bits per heavy atom. The molecule has 0 fully saturated rings. The average molecular weight is 688 g/mol. The molecular weight excluding hydrogens is 651 g/mol. The molecule has 0 aliphatic heterocycles. The zero-order valence-electron chi connectivity index (χ0n) is 29.8. The van der Waals surface area contributed by atoms with Crippen LogP contribution in [0, 0.1) is 0 Å². The van der Waals surface area contributed by atoms with E-state index in [0.717, 1.165) is 23.4 Å². The summed E-state index contributed by atoms with van der Waals surface area (Å²) in [7, 11) is 0. The second kappa shape index (κ2) is 13.5. The fourth-order valence-corrected chi connectivity index (χ4v) is 8.24. The number of allylic oxidation sites excluding steroid dienone is 1. The highest BCUT2D eigenvalue weighted by Crippen LogP contribution is 2.40. The number of para-hydroxylation sites is 1. The molecule has 1 heteroatoms. The predicted molar refractivity (Wildman–Crippen MR) is 233 cm³/mol. The molecule has 10 aromatic carbocycles. The minimum absolute atomic E-state index is 0.808. The molecule has 0 saturated heterocycles. The van der Waals surface area contributed by atoms with Crippen LogP contribution in [0.3, 0.4) is 0 Å². The van der Waals surface area contributed by atoms with E-state index in [1.54, 1.807) is 0 Å². The lowest BCUT2D eigenvalue weighted by Gasteiger charge is -2.15. The molecule has 0 bridgehead atoms. The van der Waals surface area contributed by atoms with Crippen molar-refractivity contribution in [3.05, 3.63) is 217 Å². The lowest BCUT2D eigenvalue weighted by molar-refractivity contribution is 1.30. The summed E-state index contributed by atoms with van der Waals surface area (Å²) in [5.74, 6) is 0. The third kappa shape index (κ3) is 5.77. The van der Waals surface area contributed by atoms with Crippen LogP contribution < -0.4 is 5.32 Å². The molecule has 1 nitrogen and oxygen atoms in total. The van der Waals surface area contributed by atoms with Crippen LogP contribution in [0.1, 0.15) is 11.1 Å². The van der Waals surface area contributed by atoms with E-state index < -0.39 is 0 Å². The Bertz CT molecular complexity index is 3010. The molecule has 54 heavy (non-hydrogen) atoms. The number of fused-ring (bicyclic) bond motifs is 7. The highest BCUT2D eigenvalue weighted by Gasteiger charge is 2.13. The van der Waals surface area contributed by atoms with E-state index in [9.17, 15) is 0 Å². The predicted octanol–water partition coefficient (Wildman–Crippen LogP) is 14.5. The number of nitrogens with one attached hydrogen (secondary N) is 1. The number of hydrogen-bond acceptors (Lipinski definition) is 1. The summed E-state index contributed by atoms with van der Waals surface area (Å²) in [5, 5.41) is 16.6. The molecule has 1 N–H and O–H groups in total. The highest BCUT2D eigenvalue weighted by molar-refractivity contribution is 6.20. The standard InChI is InChI=1S/C53H37N/c1-2-16-45(17-3-1)54-51(34-32-42-15-10-14-41-30-25-39-12-5-8-19-47(39)52(41)42)40-26-21-36(22-27-40)37-23-28-43(29-24-37)53-48-20-9-6-13-44(48)35-50-46-18-7-4-11-38(46)31-33-49(50)53/h1-31,33-35,54H,32H2/b51-34-. The van der Waals surface area contributed by atoms with Gasteiger partial charge in [-0.2, -0.15) is 0 Å². The summed E-state index contributed by atoms with van der Waals surface area (Å²) in [6.45, 7) is 0. The van der Waals surface area contributed by atoms with Crippen LogP contribution in [0.5, 0.6) is 0 Å². The van der Waals surface area contributed by atoms with Crippen LogP contribution >= 0.6 is 0 Å². The van der Waals surface area contributed by atoms with Gasteiger partial charge in [-0.1, -0.05) is 188 Å². The first kappa shape index (κ1) is 31.7. The van der Waals surface area contributed by atoms with Gasteiger partial charge in [0.05, 0.1) is 0 Å². The zero-order chi connectivity index (χ0) is 35.8. The van der Waals surface area contributed by atoms with Crippen LogP contribution in [0.25, 0.3) is 81.8 Å². The van der Waals surface area contributed by atoms with Gasteiger partial charge in [-0.05, 0) is 112 Å². The molecule has 254 valence electrons. The van der Waals surface area contributed by atoms with Crippen LogP contribution in [-0.4, -0.2) is 0 Å². The van der Waals surface area contributed by atoms with E-state index in [0.29, 0.717) is 0 Å². The van der Waals surface area contributed by atoms with E-state index in [1.807, 2.05) is 0 Å². The summed E-state index contributed by atoms with van der Waals surface area (Å²) in [4.78, 5) is 0. The van der Waals surface area contributed by atoms with Gasteiger partial charge >= 0.3 is 0 Å². The lowest BCUT2D eigenvalue weighted by Crippen LogP contribution is -2.00. The SMILES string of the molecule is C(/Cc1cccc2ccc3ccccc3c12)=C(/Nc1ccccc1)c1ccc(-c2ccc(-c3c4ccccc4cc4c3ccc3ccccc34)cc2)cc1. The highest BCUT2D eigenvalue weighted by atomic mass is 14.9. The fourth-order valence-electron chi connectivity index (χ4n) is 8.24. The molecule has 0 aliphatic carbocycles. The molecule has 0 radical (unpaired) electrons. The molecular formula is C53H37N. The molecule has 0 amide bonds. The van der Waals surface area contributed by atoms with Crippen LogP contribution in [-0.2, 0) is 6.42 Å². The maximum atomic E-state index is 3.74. The first-order valence-corrected chi connectivity index (χ1v) is 18.7. The molecule has 0 atom stereocenters. The van der Waals surface area contributed by atoms with Gasteiger partial charge in [0, 0.05) is 11.4 Å². The van der Waals surface area contributed by atoms with Crippen LogP contribution in [0.4, 0.5) is 5.69 Å². The molecule has 0 aromatic heterocycles. The van der Waals surface area contributed by atoms with E-state index in [2.05, 4.69) is 212 Å². The quantitative estimate of drug-likeness (QED) is 0.130. The molecule has 10 aromatic rings.